The van der Waals surface area contributed by atoms with Gasteiger partial charge in [0, 0.05) is 5.25 Å². The van der Waals surface area contributed by atoms with Gasteiger partial charge in [-0.05, 0) is 25.7 Å². The maximum Gasteiger partial charge on any atom is 1.00 e. The molecular formula is C23H47NaO4S. The van der Waals surface area contributed by atoms with Crippen LogP contribution in [0.3, 0.4) is 0 Å². The number of aliphatic hydroxyl groups is 1. The average Bonchev–Trinajstić information content (AvgIpc) is 2.63. The van der Waals surface area contributed by atoms with Gasteiger partial charge in [-0.15, -0.1) is 0 Å². The molecule has 0 aliphatic rings. The second-order valence-corrected chi connectivity index (χ2v) is 10.2. The van der Waals surface area contributed by atoms with Crippen molar-refractivity contribution in [2.75, 3.05) is 0 Å². The van der Waals surface area contributed by atoms with Gasteiger partial charge in [0.15, 0.2) is 0 Å². The molecule has 0 aliphatic carbocycles. The van der Waals surface area contributed by atoms with E-state index in [9.17, 15) is 18.1 Å². The number of rotatable bonds is 21. The molecule has 0 aromatic carbocycles. The van der Waals surface area contributed by atoms with Gasteiger partial charge in [-0.25, -0.2) is 8.42 Å². The number of hydrogen-bond donors (Lipinski definition) is 1. The zero-order chi connectivity index (χ0) is 21.1. The molecule has 0 saturated carbocycles. The van der Waals surface area contributed by atoms with Gasteiger partial charge in [0.2, 0.25) is 0 Å². The van der Waals surface area contributed by atoms with Crippen LogP contribution in [0.2, 0.25) is 0 Å². The molecule has 0 aliphatic heterocycles. The first kappa shape index (κ1) is 32.1. The Labute approximate surface area is 204 Å². The molecule has 0 aromatic rings. The summed E-state index contributed by atoms with van der Waals surface area (Å²) < 4.78 is 33.5. The summed E-state index contributed by atoms with van der Waals surface area (Å²) in [5.74, 6) is 0. The van der Waals surface area contributed by atoms with Crippen LogP contribution in [0, 0.1) is 0 Å². The third-order valence-corrected chi connectivity index (χ3v) is 6.99. The van der Waals surface area contributed by atoms with Gasteiger partial charge in [-0.2, -0.15) is 0 Å². The molecule has 0 heterocycles. The molecule has 0 aromatic heterocycles. The van der Waals surface area contributed by atoms with Crippen LogP contribution in [0.15, 0.2) is 0 Å². The van der Waals surface area contributed by atoms with Gasteiger partial charge in [-0.3, -0.25) is 0 Å². The molecule has 29 heavy (non-hydrogen) atoms. The first-order valence-electron chi connectivity index (χ1n) is 12.0. The molecule has 0 spiro atoms. The summed E-state index contributed by atoms with van der Waals surface area (Å²) in [4.78, 5) is 0. The van der Waals surface area contributed by atoms with E-state index < -0.39 is 15.4 Å². The van der Waals surface area contributed by atoms with Crippen LogP contribution in [0.5, 0.6) is 0 Å². The van der Waals surface area contributed by atoms with Crippen LogP contribution in [-0.4, -0.2) is 29.4 Å². The zero-order valence-electron chi connectivity index (χ0n) is 19.7. The maximum atomic E-state index is 11.2. The topological polar surface area (TPSA) is 77.4 Å². The van der Waals surface area contributed by atoms with Crippen molar-refractivity contribution in [1.29, 1.82) is 0 Å². The summed E-state index contributed by atoms with van der Waals surface area (Å²) in [6, 6.07) is 0. The van der Waals surface area contributed by atoms with E-state index in [0.717, 1.165) is 44.9 Å². The Morgan fingerprint density at radius 3 is 1.31 bits per heavy atom. The molecule has 0 amide bonds. The van der Waals surface area contributed by atoms with Crippen LogP contribution in [0.4, 0.5) is 0 Å². The van der Waals surface area contributed by atoms with E-state index in [2.05, 4.69) is 6.92 Å². The Bertz CT molecular complexity index is 429. The van der Waals surface area contributed by atoms with E-state index in [1.165, 1.54) is 64.2 Å². The van der Waals surface area contributed by atoms with Crippen molar-refractivity contribution in [2.24, 2.45) is 0 Å². The van der Waals surface area contributed by atoms with Crippen molar-refractivity contribution in [3.05, 3.63) is 0 Å². The van der Waals surface area contributed by atoms with Crippen LogP contribution in [0.25, 0.3) is 0 Å². The van der Waals surface area contributed by atoms with Crippen molar-refractivity contribution in [1.82, 2.24) is 0 Å². The Morgan fingerprint density at radius 2 is 0.966 bits per heavy atom. The van der Waals surface area contributed by atoms with E-state index >= 15 is 0 Å². The Morgan fingerprint density at radius 1 is 0.621 bits per heavy atom. The molecular weight excluding hydrogens is 395 g/mol. The Balaban J connectivity index is 0. The smallest absolute Gasteiger partial charge is 0.748 e. The van der Waals surface area contributed by atoms with Gasteiger partial charge < -0.3 is 9.66 Å². The largest absolute Gasteiger partial charge is 1.00 e. The monoisotopic (exact) mass is 442 g/mol. The molecule has 0 saturated heterocycles. The Hall–Kier alpha value is 0.870. The third kappa shape index (κ3) is 21.9. The van der Waals surface area contributed by atoms with Gasteiger partial charge in [0.25, 0.3) is 0 Å². The predicted octanol–water partition coefficient (Wildman–Crippen LogP) is 3.72. The maximum absolute atomic E-state index is 11.2. The summed E-state index contributed by atoms with van der Waals surface area (Å²) in [5, 5.41) is 9.01. The molecule has 4 nitrogen and oxygen atoms in total. The van der Waals surface area contributed by atoms with Gasteiger partial charge in [0.1, 0.15) is 0 Å². The predicted molar refractivity (Wildman–Crippen MR) is 119 cm³/mol. The molecule has 0 radical (unpaired) electrons. The van der Waals surface area contributed by atoms with Crippen LogP contribution < -0.4 is 29.6 Å². The van der Waals surface area contributed by atoms with Gasteiger partial charge >= 0.3 is 29.6 Å². The van der Waals surface area contributed by atoms with Crippen molar-refractivity contribution in [3.63, 3.8) is 0 Å². The molecule has 0 fully saturated rings. The molecule has 0 rings (SSSR count). The van der Waals surface area contributed by atoms with Crippen molar-refractivity contribution in [3.8, 4) is 0 Å². The van der Waals surface area contributed by atoms with Gasteiger partial charge in [-0.1, -0.05) is 110 Å². The van der Waals surface area contributed by atoms with Crippen molar-refractivity contribution in [2.45, 2.75) is 147 Å². The van der Waals surface area contributed by atoms with Crippen LogP contribution in [0.1, 0.15) is 136 Å². The molecule has 0 bridgehead atoms. The fourth-order valence-corrected chi connectivity index (χ4v) is 4.91. The molecule has 2 unspecified atom stereocenters. The normalized spacial score (nSPS) is 13.8. The Kier molecular flexibility index (Phi) is 24.4. The first-order valence-corrected chi connectivity index (χ1v) is 13.5. The molecule has 2 atom stereocenters. The molecule has 1 N–H and O–H groups in total. The number of aliphatic hydroxyl groups excluding tert-OH is 1. The number of unbranched alkanes of at least 4 members (excludes halogenated alkanes) is 12. The number of hydrogen-bond acceptors (Lipinski definition) is 4. The van der Waals surface area contributed by atoms with E-state index in [1.54, 1.807) is 0 Å². The van der Waals surface area contributed by atoms with Crippen LogP contribution in [-0.2, 0) is 10.1 Å². The van der Waals surface area contributed by atoms with E-state index in [-0.39, 0.29) is 35.7 Å². The first-order chi connectivity index (χ1) is 13.4. The standard InChI is InChI=1S/C23H48O4S.Na/c1-3-18-22(24)20-16-14-12-10-8-6-5-7-9-11-13-15-17-21-23(19-4-2)28(25,26)27;/h22-24H,3-21H2,1-2H3,(H,25,26,27);/q;+1/p-1. The van der Waals surface area contributed by atoms with Crippen molar-refractivity contribution >= 4 is 10.1 Å². The molecule has 6 heteroatoms. The summed E-state index contributed by atoms with van der Waals surface area (Å²) >= 11 is 0. The SMILES string of the molecule is CCCC(O)CCCCCCCCCCCCCCCC(CCC)S(=O)(=O)[O-].[Na+]. The summed E-state index contributed by atoms with van der Waals surface area (Å²) in [6.45, 7) is 4.05. The quantitative estimate of drug-likeness (QED) is 0.167. The van der Waals surface area contributed by atoms with Crippen LogP contribution >= 0.6 is 0 Å². The summed E-state index contributed by atoms with van der Waals surface area (Å²) in [7, 11) is -4.11. The van der Waals surface area contributed by atoms with E-state index in [4.69, 9.17) is 0 Å². The fourth-order valence-electron chi connectivity index (χ4n) is 3.93. The van der Waals surface area contributed by atoms with Crippen molar-refractivity contribution < 1.29 is 47.6 Å². The summed E-state index contributed by atoms with van der Waals surface area (Å²) in [5.41, 5.74) is 0. The summed E-state index contributed by atoms with van der Waals surface area (Å²) in [6.07, 6.45) is 20.6. The minimum absolute atomic E-state index is 0. The van der Waals surface area contributed by atoms with E-state index in [0.29, 0.717) is 12.8 Å². The minimum atomic E-state index is -4.11. The zero-order valence-corrected chi connectivity index (χ0v) is 22.5. The fraction of sp³-hybridized carbons (Fsp3) is 1.00. The minimum Gasteiger partial charge on any atom is -0.748 e. The second kappa shape index (κ2) is 22.1. The average molecular weight is 443 g/mol. The molecule has 170 valence electrons. The van der Waals surface area contributed by atoms with E-state index in [1.807, 2.05) is 6.92 Å². The third-order valence-electron chi connectivity index (χ3n) is 5.70. The second-order valence-electron chi connectivity index (χ2n) is 8.52. The van der Waals surface area contributed by atoms with Gasteiger partial charge in [0.05, 0.1) is 16.2 Å².